The third-order valence-electron chi connectivity index (χ3n) is 5.04. The molecule has 8 nitrogen and oxygen atoms in total. The Morgan fingerprint density at radius 3 is 2.09 bits per heavy atom. The van der Waals surface area contributed by atoms with E-state index in [1.807, 2.05) is 12.1 Å². The van der Waals surface area contributed by atoms with Crippen LogP contribution in [0, 0.1) is 18.3 Å². The van der Waals surface area contributed by atoms with Gasteiger partial charge >= 0.3 is 12.2 Å². The molecule has 2 aromatic rings. The van der Waals surface area contributed by atoms with Gasteiger partial charge in [0.2, 0.25) is 0 Å². The SMILES string of the molecule is Cc1cc(C2CC2)cc(C(F)F)c1-n1cc(C#N)c(N(C(=O)OC(C)(C)C)C(=O)OC(C)(C)C)n1. The number of rotatable bonds is 4. The summed E-state index contributed by atoms with van der Waals surface area (Å²) in [6.45, 7) is 11.4. The van der Waals surface area contributed by atoms with E-state index >= 15 is 0 Å². The minimum Gasteiger partial charge on any atom is -0.443 e. The van der Waals surface area contributed by atoms with Crippen molar-refractivity contribution in [2.75, 3.05) is 4.90 Å². The lowest BCUT2D eigenvalue weighted by molar-refractivity contribution is 0.0428. The predicted molar refractivity (Wildman–Crippen MR) is 125 cm³/mol. The van der Waals surface area contributed by atoms with Gasteiger partial charge in [0.05, 0.1) is 11.9 Å². The lowest BCUT2D eigenvalue weighted by Crippen LogP contribution is -2.44. The van der Waals surface area contributed by atoms with Gasteiger partial charge in [-0.3, -0.25) is 0 Å². The molecule has 1 aromatic heterocycles. The van der Waals surface area contributed by atoms with Crippen molar-refractivity contribution in [1.29, 1.82) is 5.26 Å². The first-order chi connectivity index (χ1) is 16.1. The van der Waals surface area contributed by atoms with E-state index in [1.54, 1.807) is 48.5 Å². The van der Waals surface area contributed by atoms with Gasteiger partial charge in [0.1, 0.15) is 22.8 Å². The summed E-state index contributed by atoms with van der Waals surface area (Å²) < 4.78 is 39.9. The van der Waals surface area contributed by atoms with Gasteiger partial charge in [0.15, 0.2) is 5.82 Å². The highest BCUT2D eigenvalue weighted by molar-refractivity contribution is 6.09. The van der Waals surface area contributed by atoms with Crippen molar-refractivity contribution < 1.29 is 27.8 Å². The lowest BCUT2D eigenvalue weighted by Gasteiger charge is -2.27. The number of ether oxygens (including phenoxy) is 2. The maximum atomic E-state index is 14.1. The highest BCUT2D eigenvalue weighted by atomic mass is 19.3. The van der Waals surface area contributed by atoms with Gasteiger partial charge in [0.25, 0.3) is 6.43 Å². The van der Waals surface area contributed by atoms with E-state index in [2.05, 4.69) is 5.10 Å². The van der Waals surface area contributed by atoms with Gasteiger partial charge in [-0.1, -0.05) is 6.07 Å². The first-order valence-corrected chi connectivity index (χ1v) is 11.3. The topological polar surface area (TPSA) is 97.5 Å². The molecule has 2 amide bonds. The van der Waals surface area contributed by atoms with Gasteiger partial charge in [-0.05, 0) is 84.4 Å². The van der Waals surface area contributed by atoms with E-state index in [1.165, 1.54) is 12.3 Å². The number of hydrogen-bond acceptors (Lipinski definition) is 6. The maximum absolute atomic E-state index is 14.1. The monoisotopic (exact) mass is 488 g/mol. The van der Waals surface area contributed by atoms with Crippen molar-refractivity contribution in [2.45, 2.75) is 84.9 Å². The Morgan fingerprint density at radius 1 is 1.11 bits per heavy atom. The number of aryl methyl sites for hydroxylation is 1. The van der Waals surface area contributed by atoms with Crippen LogP contribution < -0.4 is 4.90 Å². The van der Waals surface area contributed by atoms with Crippen LogP contribution in [0.4, 0.5) is 24.2 Å². The number of nitrogens with zero attached hydrogens (tertiary/aromatic N) is 4. The Kier molecular flexibility index (Phi) is 6.93. The molecule has 1 heterocycles. The number of imide groups is 1. The zero-order chi connectivity index (χ0) is 26.3. The van der Waals surface area contributed by atoms with E-state index in [-0.39, 0.29) is 28.6 Å². The Morgan fingerprint density at radius 2 is 1.66 bits per heavy atom. The molecule has 1 aliphatic carbocycles. The molecule has 0 bridgehead atoms. The van der Waals surface area contributed by atoms with Gasteiger partial charge in [-0.2, -0.15) is 10.2 Å². The first-order valence-electron chi connectivity index (χ1n) is 11.3. The summed E-state index contributed by atoms with van der Waals surface area (Å²) in [5, 5.41) is 14.0. The fourth-order valence-corrected chi connectivity index (χ4v) is 3.55. The molecule has 10 heteroatoms. The summed E-state index contributed by atoms with van der Waals surface area (Å²) in [5.41, 5.74) is -0.919. The summed E-state index contributed by atoms with van der Waals surface area (Å²) in [6, 6.07) is 5.16. The van der Waals surface area contributed by atoms with E-state index in [0.717, 1.165) is 23.1 Å². The molecule has 3 rings (SSSR count). The third-order valence-corrected chi connectivity index (χ3v) is 5.04. The molecule has 0 atom stereocenters. The van der Waals surface area contributed by atoms with Crippen molar-refractivity contribution in [3.8, 4) is 11.8 Å². The molecule has 1 fully saturated rings. The fourth-order valence-electron chi connectivity index (χ4n) is 3.55. The van der Waals surface area contributed by atoms with Gasteiger partial charge in [-0.25, -0.2) is 23.1 Å². The average molecular weight is 489 g/mol. The van der Waals surface area contributed by atoms with Crippen LogP contribution in [0.2, 0.25) is 0 Å². The molecule has 1 saturated carbocycles. The molecule has 0 aliphatic heterocycles. The third kappa shape index (κ3) is 6.15. The molecule has 1 aliphatic rings. The van der Waals surface area contributed by atoms with E-state index in [9.17, 15) is 23.6 Å². The van der Waals surface area contributed by atoms with E-state index in [4.69, 9.17) is 9.47 Å². The summed E-state index contributed by atoms with van der Waals surface area (Å²) in [7, 11) is 0. The largest absolute Gasteiger partial charge is 0.443 e. The van der Waals surface area contributed by atoms with Crippen LogP contribution in [-0.2, 0) is 9.47 Å². The van der Waals surface area contributed by atoms with Crippen LogP contribution in [0.15, 0.2) is 18.3 Å². The Hall–Kier alpha value is -3.48. The number of alkyl halides is 2. The number of anilines is 1. The van der Waals surface area contributed by atoms with Crippen molar-refractivity contribution in [1.82, 2.24) is 9.78 Å². The van der Waals surface area contributed by atoms with Crippen molar-refractivity contribution in [2.24, 2.45) is 0 Å². The minimum absolute atomic E-state index is 0.0838. The second-order valence-corrected chi connectivity index (χ2v) is 10.6. The van der Waals surface area contributed by atoms with Crippen LogP contribution in [0.5, 0.6) is 0 Å². The summed E-state index contributed by atoms with van der Waals surface area (Å²) in [4.78, 5) is 26.5. The summed E-state index contributed by atoms with van der Waals surface area (Å²) in [6.07, 6.45) is -1.90. The zero-order valence-corrected chi connectivity index (χ0v) is 21.0. The van der Waals surface area contributed by atoms with Crippen LogP contribution in [0.25, 0.3) is 5.69 Å². The molecular weight excluding hydrogens is 458 g/mol. The molecule has 0 radical (unpaired) electrons. The number of nitriles is 1. The van der Waals surface area contributed by atoms with Gasteiger partial charge < -0.3 is 9.47 Å². The second-order valence-electron chi connectivity index (χ2n) is 10.6. The highest BCUT2D eigenvalue weighted by Gasteiger charge is 2.37. The fraction of sp³-hybridized carbons (Fsp3) is 0.520. The number of amides is 2. The number of benzene rings is 1. The van der Waals surface area contributed by atoms with Crippen LogP contribution >= 0.6 is 0 Å². The number of carbonyl (C=O) groups is 2. The smallest absolute Gasteiger partial charge is 0.425 e. The summed E-state index contributed by atoms with van der Waals surface area (Å²) >= 11 is 0. The van der Waals surface area contributed by atoms with Crippen molar-refractivity contribution in [3.63, 3.8) is 0 Å². The standard InChI is InChI=1S/C25H30F2N4O4/c1-14-10-16(15-8-9-15)11-18(20(26)27)19(14)30-13-17(12-28)21(29-30)31(22(32)34-24(2,3)4)23(33)35-25(5,6)7/h10-11,13,15,20H,8-9H2,1-7H3. The predicted octanol–water partition coefficient (Wildman–Crippen LogP) is 6.54. The van der Waals surface area contributed by atoms with Crippen LogP contribution in [-0.4, -0.2) is 33.2 Å². The molecule has 0 N–H and O–H groups in total. The maximum Gasteiger partial charge on any atom is 0.425 e. The number of aromatic nitrogens is 2. The normalized spacial score (nSPS) is 14.0. The van der Waals surface area contributed by atoms with Crippen molar-refractivity contribution in [3.05, 3.63) is 40.6 Å². The van der Waals surface area contributed by atoms with Gasteiger partial charge in [-0.15, -0.1) is 5.10 Å². The molecule has 35 heavy (non-hydrogen) atoms. The minimum atomic E-state index is -2.80. The number of halogens is 2. The Labute approximate surface area is 203 Å². The molecule has 0 saturated heterocycles. The Bertz CT molecular complexity index is 1150. The molecule has 1 aromatic carbocycles. The molecule has 0 unspecified atom stereocenters. The zero-order valence-electron chi connectivity index (χ0n) is 21.0. The van der Waals surface area contributed by atoms with Crippen LogP contribution in [0.1, 0.15) is 89.0 Å². The second kappa shape index (κ2) is 9.29. The average Bonchev–Trinajstić information content (AvgIpc) is 3.45. The highest BCUT2D eigenvalue weighted by Crippen LogP contribution is 2.43. The van der Waals surface area contributed by atoms with Crippen LogP contribution in [0.3, 0.4) is 0 Å². The molecule has 0 spiro atoms. The van der Waals surface area contributed by atoms with E-state index < -0.39 is 29.8 Å². The quantitative estimate of drug-likeness (QED) is 0.484. The van der Waals surface area contributed by atoms with Crippen molar-refractivity contribution >= 4 is 18.0 Å². The number of hydrogen-bond donors (Lipinski definition) is 0. The van der Waals surface area contributed by atoms with Gasteiger partial charge in [0, 0.05) is 5.56 Å². The summed E-state index contributed by atoms with van der Waals surface area (Å²) in [5.74, 6) is -0.111. The van der Waals surface area contributed by atoms with E-state index in [0.29, 0.717) is 10.5 Å². The Balaban J connectivity index is 2.16. The molecule has 188 valence electrons. The number of carbonyl (C=O) groups excluding carboxylic acids is 2. The first kappa shape index (κ1) is 26.1. The molecular formula is C25H30F2N4O4. The lowest BCUT2D eigenvalue weighted by atomic mass is 10.0.